The zero-order valence-electron chi connectivity index (χ0n) is 13.2. The van der Waals surface area contributed by atoms with Crippen molar-refractivity contribution in [2.45, 2.75) is 31.7 Å². The topological polar surface area (TPSA) is 71.5 Å². The fourth-order valence-corrected chi connectivity index (χ4v) is 3.28. The number of carbonyl (C=O) groups excluding carboxylic acids is 2. The number of amides is 2. The SMILES string of the molecule is O=C(NCCc1ccncc1)[C@@H]1CC(=O)N(C2CCOCC2)C1. The number of rotatable bonds is 5. The Balaban J connectivity index is 1.45. The summed E-state index contributed by atoms with van der Waals surface area (Å²) in [4.78, 5) is 30.3. The quantitative estimate of drug-likeness (QED) is 0.871. The molecule has 1 atom stereocenters. The third kappa shape index (κ3) is 4.07. The number of likely N-dealkylation sites (tertiary alicyclic amines) is 1. The van der Waals surface area contributed by atoms with Crippen LogP contribution in [0.4, 0.5) is 0 Å². The van der Waals surface area contributed by atoms with Crippen molar-refractivity contribution in [3.8, 4) is 0 Å². The molecule has 0 radical (unpaired) electrons. The number of pyridine rings is 1. The molecule has 1 N–H and O–H groups in total. The fraction of sp³-hybridized carbons (Fsp3) is 0.588. The van der Waals surface area contributed by atoms with Gasteiger partial charge in [0.15, 0.2) is 0 Å². The third-order valence-corrected chi connectivity index (χ3v) is 4.62. The molecule has 1 aromatic heterocycles. The van der Waals surface area contributed by atoms with Gasteiger partial charge in [-0.15, -0.1) is 0 Å². The van der Waals surface area contributed by atoms with E-state index in [4.69, 9.17) is 4.74 Å². The fourth-order valence-electron chi connectivity index (χ4n) is 3.28. The predicted molar refractivity (Wildman–Crippen MR) is 84.6 cm³/mol. The first-order valence-electron chi connectivity index (χ1n) is 8.28. The summed E-state index contributed by atoms with van der Waals surface area (Å²) < 4.78 is 5.34. The molecule has 1 aromatic rings. The van der Waals surface area contributed by atoms with Gasteiger partial charge in [-0.2, -0.15) is 0 Å². The van der Waals surface area contributed by atoms with Crippen LogP contribution in [-0.2, 0) is 20.7 Å². The Hall–Kier alpha value is -1.95. The maximum absolute atomic E-state index is 12.3. The van der Waals surface area contributed by atoms with Gasteiger partial charge in [0.25, 0.3) is 0 Å². The summed E-state index contributed by atoms with van der Waals surface area (Å²) in [6, 6.07) is 4.13. The van der Waals surface area contributed by atoms with Crippen molar-refractivity contribution in [3.63, 3.8) is 0 Å². The highest BCUT2D eigenvalue weighted by Gasteiger charge is 2.38. The van der Waals surface area contributed by atoms with Crippen LogP contribution in [0.3, 0.4) is 0 Å². The number of aromatic nitrogens is 1. The first-order chi connectivity index (χ1) is 11.2. The Bertz CT molecular complexity index is 543. The highest BCUT2D eigenvalue weighted by molar-refractivity contribution is 5.89. The van der Waals surface area contributed by atoms with Crippen molar-refractivity contribution >= 4 is 11.8 Å². The van der Waals surface area contributed by atoms with Crippen LogP contribution in [0, 0.1) is 5.92 Å². The number of ether oxygens (including phenoxy) is 1. The Morgan fingerprint density at radius 2 is 2.04 bits per heavy atom. The monoisotopic (exact) mass is 317 g/mol. The zero-order chi connectivity index (χ0) is 16.1. The second-order valence-corrected chi connectivity index (χ2v) is 6.19. The summed E-state index contributed by atoms with van der Waals surface area (Å²) in [5.74, 6) is -0.129. The van der Waals surface area contributed by atoms with Gasteiger partial charge in [0, 0.05) is 51.2 Å². The van der Waals surface area contributed by atoms with Crippen molar-refractivity contribution in [2.75, 3.05) is 26.3 Å². The normalized spacial score (nSPS) is 22.3. The van der Waals surface area contributed by atoms with E-state index in [2.05, 4.69) is 10.3 Å². The van der Waals surface area contributed by atoms with Gasteiger partial charge in [-0.1, -0.05) is 0 Å². The van der Waals surface area contributed by atoms with Gasteiger partial charge >= 0.3 is 0 Å². The second kappa shape index (κ2) is 7.55. The Morgan fingerprint density at radius 1 is 1.30 bits per heavy atom. The van der Waals surface area contributed by atoms with E-state index in [-0.39, 0.29) is 23.8 Å². The van der Waals surface area contributed by atoms with Crippen molar-refractivity contribution in [1.82, 2.24) is 15.2 Å². The largest absolute Gasteiger partial charge is 0.381 e. The van der Waals surface area contributed by atoms with Crippen LogP contribution in [0.2, 0.25) is 0 Å². The molecule has 2 amide bonds. The summed E-state index contributed by atoms with van der Waals surface area (Å²) >= 11 is 0. The molecule has 0 aliphatic carbocycles. The zero-order valence-corrected chi connectivity index (χ0v) is 13.2. The van der Waals surface area contributed by atoms with E-state index in [1.165, 1.54) is 0 Å². The minimum Gasteiger partial charge on any atom is -0.381 e. The molecule has 3 rings (SSSR count). The van der Waals surface area contributed by atoms with Gasteiger partial charge < -0.3 is 15.0 Å². The third-order valence-electron chi connectivity index (χ3n) is 4.62. The Labute approximate surface area is 136 Å². The van der Waals surface area contributed by atoms with Gasteiger partial charge in [-0.05, 0) is 37.0 Å². The lowest BCUT2D eigenvalue weighted by Crippen LogP contribution is -2.41. The maximum Gasteiger partial charge on any atom is 0.225 e. The average molecular weight is 317 g/mol. The van der Waals surface area contributed by atoms with Crippen LogP contribution in [-0.4, -0.2) is 54.0 Å². The first kappa shape index (κ1) is 15.9. The molecule has 0 aromatic carbocycles. The van der Waals surface area contributed by atoms with E-state index >= 15 is 0 Å². The lowest BCUT2D eigenvalue weighted by molar-refractivity contribution is -0.131. The van der Waals surface area contributed by atoms with Crippen LogP contribution in [0.15, 0.2) is 24.5 Å². The molecule has 0 saturated carbocycles. The van der Waals surface area contributed by atoms with Gasteiger partial charge in [0.1, 0.15) is 0 Å². The Kier molecular flexibility index (Phi) is 5.23. The molecule has 6 heteroatoms. The summed E-state index contributed by atoms with van der Waals surface area (Å²) in [6.45, 7) is 2.55. The van der Waals surface area contributed by atoms with Crippen molar-refractivity contribution in [1.29, 1.82) is 0 Å². The highest BCUT2D eigenvalue weighted by atomic mass is 16.5. The van der Waals surface area contributed by atoms with Crippen molar-refractivity contribution in [2.24, 2.45) is 5.92 Å². The smallest absolute Gasteiger partial charge is 0.225 e. The van der Waals surface area contributed by atoms with Gasteiger partial charge in [0.2, 0.25) is 11.8 Å². The van der Waals surface area contributed by atoms with Gasteiger partial charge in [0.05, 0.1) is 5.92 Å². The van der Waals surface area contributed by atoms with E-state index in [1.807, 2.05) is 17.0 Å². The molecule has 0 unspecified atom stereocenters. The number of hydrogen-bond acceptors (Lipinski definition) is 4. The number of hydrogen-bond donors (Lipinski definition) is 1. The van der Waals surface area contributed by atoms with Crippen LogP contribution >= 0.6 is 0 Å². The highest BCUT2D eigenvalue weighted by Crippen LogP contribution is 2.24. The second-order valence-electron chi connectivity index (χ2n) is 6.19. The lowest BCUT2D eigenvalue weighted by Gasteiger charge is -2.31. The van der Waals surface area contributed by atoms with Crippen LogP contribution in [0.1, 0.15) is 24.8 Å². The van der Waals surface area contributed by atoms with Crippen LogP contribution in [0.5, 0.6) is 0 Å². The molecule has 2 aliphatic rings. The van der Waals surface area contributed by atoms with E-state index < -0.39 is 0 Å². The van der Waals surface area contributed by atoms with Crippen LogP contribution < -0.4 is 5.32 Å². The first-order valence-corrected chi connectivity index (χ1v) is 8.28. The molecule has 124 valence electrons. The minimum absolute atomic E-state index is 0.0121. The molecule has 2 fully saturated rings. The number of nitrogens with one attached hydrogen (secondary N) is 1. The Morgan fingerprint density at radius 3 is 2.78 bits per heavy atom. The van der Waals surface area contributed by atoms with Gasteiger partial charge in [-0.3, -0.25) is 14.6 Å². The molecule has 3 heterocycles. The summed E-state index contributed by atoms with van der Waals surface area (Å²) in [6.07, 6.45) is 6.36. The molecule has 0 bridgehead atoms. The van der Waals surface area contributed by atoms with E-state index in [9.17, 15) is 9.59 Å². The van der Waals surface area contributed by atoms with E-state index in [1.54, 1.807) is 12.4 Å². The minimum atomic E-state index is -0.220. The summed E-state index contributed by atoms with van der Waals surface area (Å²) in [7, 11) is 0. The van der Waals surface area contributed by atoms with Crippen molar-refractivity contribution in [3.05, 3.63) is 30.1 Å². The molecular weight excluding hydrogens is 294 g/mol. The van der Waals surface area contributed by atoms with E-state index in [0.717, 1.165) is 24.8 Å². The molecule has 2 aliphatic heterocycles. The van der Waals surface area contributed by atoms with Gasteiger partial charge in [-0.25, -0.2) is 0 Å². The number of carbonyl (C=O) groups is 2. The summed E-state index contributed by atoms with van der Waals surface area (Å²) in [5.41, 5.74) is 1.15. The van der Waals surface area contributed by atoms with E-state index in [0.29, 0.717) is 32.7 Å². The van der Waals surface area contributed by atoms with Crippen molar-refractivity contribution < 1.29 is 14.3 Å². The molecule has 2 saturated heterocycles. The standard InChI is InChI=1S/C17H23N3O3/c21-16-11-14(12-20(16)15-4-9-23-10-5-15)17(22)19-8-3-13-1-6-18-7-2-13/h1-2,6-7,14-15H,3-5,8-12H2,(H,19,22)/t14-/m1/s1. The lowest BCUT2D eigenvalue weighted by atomic mass is 10.1. The molecule has 6 nitrogen and oxygen atoms in total. The predicted octanol–water partition coefficient (Wildman–Crippen LogP) is 0.768. The number of nitrogens with zero attached hydrogens (tertiary/aromatic N) is 2. The van der Waals surface area contributed by atoms with Crippen LogP contribution in [0.25, 0.3) is 0 Å². The molecule has 0 spiro atoms. The average Bonchev–Trinajstić information content (AvgIpc) is 2.98. The maximum atomic E-state index is 12.3. The molecule has 23 heavy (non-hydrogen) atoms. The molecular formula is C17H23N3O3. The summed E-state index contributed by atoms with van der Waals surface area (Å²) in [5, 5.41) is 2.95.